The van der Waals surface area contributed by atoms with Crippen molar-refractivity contribution in [3.63, 3.8) is 0 Å². The number of nitrogens with two attached hydrogens (primary N) is 1. The van der Waals surface area contributed by atoms with Gasteiger partial charge in [-0.25, -0.2) is 8.42 Å². The van der Waals surface area contributed by atoms with Gasteiger partial charge in [0.1, 0.15) is 0 Å². The number of nitrogen functional groups attached to an aromatic ring is 1. The number of nitrogens with one attached hydrogen (secondary N) is 1. The first-order chi connectivity index (χ1) is 16.3. The molecule has 1 heterocycles. The van der Waals surface area contributed by atoms with E-state index in [4.69, 9.17) is 15.2 Å². The number of aliphatic hydroxyl groups excluding tert-OH is 1. The van der Waals surface area contributed by atoms with Crippen molar-refractivity contribution in [3.8, 4) is 0 Å². The van der Waals surface area contributed by atoms with Gasteiger partial charge in [0.15, 0.2) is 0 Å². The average molecular weight is 492 g/mol. The monoisotopic (exact) mass is 491 g/mol. The Kier molecular flexibility index (Phi) is 9.87. The minimum absolute atomic E-state index is 0.0327. The Balaban J connectivity index is 1.75. The van der Waals surface area contributed by atoms with Crippen LogP contribution in [-0.2, 0) is 25.9 Å². The molecule has 4 N–H and O–H groups in total. The lowest BCUT2D eigenvalue weighted by Crippen LogP contribution is -2.50. The van der Waals surface area contributed by atoms with Gasteiger partial charge in [-0.15, -0.1) is 0 Å². The van der Waals surface area contributed by atoms with Crippen molar-refractivity contribution in [3.05, 3.63) is 60.2 Å². The summed E-state index contributed by atoms with van der Waals surface area (Å²) in [5.41, 5.74) is 7.27. The van der Waals surface area contributed by atoms with Crippen molar-refractivity contribution in [1.29, 1.82) is 0 Å². The lowest BCUT2D eigenvalue weighted by Gasteiger charge is -2.31. The molecular weight excluding hydrogens is 454 g/mol. The Bertz CT molecular complexity index is 964. The summed E-state index contributed by atoms with van der Waals surface area (Å²) >= 11 is 0. The molecule has 9 heteroatoms. The predicted molar refractivity (Wildman–Crippen MR) is 133 cm³/mol. The third-order valence-electron chi connectivity index (χ3n) is 5.79. The zero-order valence-corrected chi connectivity index (χ0v) is 20.8. The maximum atomic E-state index is 13.4. The standard InChI is InChI=1S/C25H37N3O5S/c1-19(2)15-28(34(30,31)23-10-8-21(26)9-11-23)16-25(29)24(14-20-6-4-3-5-7-20)27-18-33-22-12-13-32-17-22/h3-11,19,22,24-25,27,29H,12-18,26H2,1-2H3. The summed E-state index contributed by atoms with van der Waals surface area (Å²) in [6, 6.07) is 15.6. The molecule has 1 aliphatic rings. The van der Waals surface area contributed by atoms with E-state index in [9.17, 15) is 13.5 Å². The Hall–Kier alpha value is -2.01. The van der Waals surface area contributed by atoms with Gasteiger partial charge in [-0.05, 0) is 48.6 Å². The van der Waals surface area contributed by atoms with Crippen molar-refractivity contribution in [1.82, 2.24) is 9.62 Å². The largest absolute Gasteiger partial charge is 0.399 e. The second-order valence-electron chi connectivity index (χ2n) is 9.15. The Labute approximate surface area is 203 Å². The molecule has 1 saturated heterocycles. The summed E-state index contributed by atoms with van der Waals surface area (Å²) in [4.78, 5) is 0.159. The Morgan fingerprint density at radius 3 is 2.47 bits per heavy atom. The molecule has 0 spiro atoms. The molecule has 1 aliphatic heterocycles. The molecule has 3 rings (SSSR count). The van der Waals surface area contributed by atoms with Gasteiger partial charge in [0.05, 0.1) is 30.4 Å². The van der Waals surface area contributed by atoms with E-state index in [1.54, 1.807) is 12.1 Å². The van der Waals surface area contributed by atoms with Crippen LogP contribution in [-0.4, -0.2) is 69.1 Å². The summed E-state index contributed by atoms with van der Waals surface area (Å²) in [6.45, 7) is 5.66. The number of benzene rings is 2. The molecular formula is C25H37N3O5S. The van der Waals surface area contributed by atoms with E-state index >= 15 is 0 Å². The molecule has 1 fully saturated rings. The molecule has 3 atom stereocenters. The van der Waals surface area contributed by atoms with Crippen LogP contribution in [0.4, 0.5) is 5.69 Å². The van der Waals surface area contributed by atoms with E-state index < -0.39 is 22.2 Å². The van der Waals surface area contributed by atoms with Crippen LogP contribution in [0, 0.1) is 5.92 Å². The smallest absolute Gasteiger partial charge is 0.243 e. The molecule has 8 nitrogen and oxygen atoms in total. The predicted octanol–water partition coefficient (Wildman–Crippen LogP) is 2.24. The van der Waals surface area contributed by atoms with E-state index in [1.807, 2.05) is 44.2 Å². The van der Waals surface area contributed by atoms with Crippen LogP contribution in [0.1, 0.15) is 25.8 Å². The van der Waals surface area contributed by atoms with Gasteiger partial charge in [0, 0.05) is 31.4 Å². The molecule has 34 heavy (non-hydrogen) atoms. The molecule has 0 saturated carbocycles. The molecule has 188 valence electrons. The number of hydrogen-bond donors (Lipinski definition) is 3. The van der Waals surface area contributed by atoms with Gasteiger partial charge in [-0.3, -0.25) is 5.32 Å². The number of ether oxygens (including phenoxy) is 2. The second kappa shape index (κ2) is 12.6. The van der Waals surface area contributed by atoms with Crippen molar-refractivity contribution < 1.29 is 23.0 Å². The summed E-state index contributed by atoms with van der Waals surface area (Å²) in [7, 11) is -3.81. The lowest BCUT2D eigenvalue weighted by atomic mass is 10.0. The number of nitrogens with zero attached hydrogens (tertiary/aromatic N) is 1. The van der Waals surface area contributed by atoms with E-state index in [0.29, 0.717) is 25.3 Å². The maximum Gasteiger partial charge on any atom is 0.243 e. The van der Waals surface area contributed by atoms with Gasteiger partial charge in [-0.2, -0.15) is 4.31 Å². The highest BCUT2D eigenvalue weighted by Gasteiger charge is 2.30. The lowest BCUT2D eigenvalue weighted by molar-refractivity contribution is 0.0127. The molecule has 0 aliphatic carbocycles. The number of aliphatic hydroxyl groups is 1. The zero-order chi connectivity index (χ0) is 24.6. The second-order valence-corrected chi connectivity index (χ2v) is 11.1. The van der Waals surface area contributed by atoms with Gasteiger partial charge in [0.25, 0.3) is 0 Å². The third kappa shape index (κ3) is 7.76. The fourth-order valence-corrected chi connectivity index (χ4v) is 5.55. The van der Waals surface area contributed by atoms with Crippen molar-refractivity contribution >= 4 is 15.7 Å². The molecule has 0 bridgehead atoms. The molecule has 0 amide bonds. The molecule has 0 radical (unpaired) electrons. The number of hydrogen-bond acceptors (Lipinski definition) is 7. The zero-order valence-electron chi connectivity index (χ0n) is 20.0. The summed E-state index contributed by atoms with van der Waals surface area (Å²) in [6.07, 6.45) is 0.454. The quantitative estimate of drug-likeness (QED) is 0.291. The Morgan fingerprint density at radius 1 is 1.15 bits per heavy atom. The SMILES string of the molecule is CC(C)CN(CC(O)C(Cc1ccccc1)NCOC1CCOC1)S(=O)(=O)c1ccc(N)cc1. The average Bonchev–Trinajstić information content (AvgIpc) is 3.32. The first kappa shape index (κ1) is 26.6. The maximum absolute atomic E-state index is 13.4. The van der Waals surface area contributed by atoms with Crippen molar-refractivity contribution in [2.75, 3.05) is 38.8 Å². The van der Waals surface area contributed by atoms with Crippen molar-refractivity contribution in [2.45, 2.75) is 49.8 Å². The van der Waals surface area contributed by atoms with Crippen LogP contribution >= 0.6 is 0 Å². The van der Waals surface area contributed by atoms with Crippen LogP contribution in [0.2, 0.25) is 0 Å². The highest BCUT2D eigenvalue weighted by molar-refractivity contribution is 7.89. The minimum Gasteiger partial charge on any atom is -0.399 e. The normalized spacial score (nSPS) is 18.4. The van der Waals surface area contributed by atoms with E-state index in [2.05, 4.69) is 5.32 Å². The summed E-state index contributed by atoms with van der Waals surface area (Å²) < 4.78 is 39.4. The van der Waals surface area contributed by atoms with Crippen LogP contribution in [0.15, 0.2) is 59.5 Å². The van der Waals surface area contributed by atoms with E-state index in [1.165, 1.54) is 16.4 Å². The van der Waals surface area contributed by atoms with Crippen LogP contribution in [0.25, 0.3) is 0 Å². The first-order valence-electron chi connectivity index (χ1n) is 11.8. The highest BCUT2D eigenvalue weighted by Crippen LogP contribution is 2.20. The molecule has 2 aromatic rings. The Morgan fingerprint density at radius 2 is 1.85 bits per heavy atom. The number of rotatable bonds is 13. The molecule has 0 aromatic heterocycles. The third-order valence-corrected chi connectivity index (χ3v) is 7.64. The van der Waals surface area contributed by atoms with Gasteiger partial charge in [-0.1, -0.05) is 44.2 Å². The summed E-state index contributed by atoms with van der Waals surface area (Å²) in [5.74, 6) is 0.0852. The van der Waals surface area contributed by atoms with E-state index in [0.717, 1.165) is 12.0 Å². The fraction of sp³-hybridized carbons (Fsp3) is 0.520. The number of anilines is 1. The van der Waals surface area contributed by atoms with Gasteiger partial charge < -0.3 is 20.3 Å². The van der Waals surface area contributed by atoms with Crippen LogP contribution in [0.3, 0.4) is 0 Å². The van der Waals surface area contributed by atoms with Crippen molar-refractivity contribution in [2.24, 2.45) is 5.92 Å². The van der Waals surface area contributed by atoms with E-state index in [-0.39, 0.29) is 36.7 Å². The van der Waals surface area contributed by atoms with Crippen LogP contribution < -0.4 is 11.1 Å². The first-order valence-corrected chi connectivity index (χ1v) is 13.2. The molecule has 2 aromatic carbocycles. The topological polar surface area (TPSA) is 114 Å². The minimum atomic E-state index is -3.81. The van der Waals surface area contributed by atoms with Gasteiger partial charge in [0.2, 0.25) is 10.0 Å². The number of sulfonamides is 1. The fourth-order valence-electron chi connectivity index (χ4n) is 3.93. The van der Waals surface area contributed by atoms with Gasteiger partial charge >= 0.3 is 0 Å². The summed E-state index contributed by atoms with van der Waals surface area (Å²) in [5, 5.41) is 14.5. The highest BCUT2D eigenvalue weighted by atomic mass is 32.2. The van der Waals surface area contributed by atoms with Crippen LogP contribution in [0.5, 0.6) is 0 Å². The molecule has 3 unspecified atom stereocenters.